The summed E-state index contributed by atoms with van der Waals surface area (Å²) >= 11 is 0. The summed E-state index contributed by atoms with van der Waals surface area (Å²) in [5.41, 5.74) is 6.76. The molecule has 0 saturated carbocycles. The molecule has 0 aliphatic rings. The summed E-state index contributed by atoms with van der Waals surface area (Å²) in [4.78, 5) is 33.4. The molecule has 7 heteroatoms. The first-order valence-electron chi connectivity index (χ1n) is 6.61. The molecule has 7 nitrogen and oxygen atoms in total. The van der Waals surface area contributed by atoms with Crippen LogP contribution in [0, 0.1) is 0 Å². The second-order valence-corrected chi connectivity index (χ2v) is 4.61. The largest absolute Gasteiger partial charge is 0.508 e. The molecule has 0 atom stereocenters. The molecule has 0 spiro atoms. The zero-order chi connectivity index (χ0) is 16.8. The number of carbonyl (C=O) groups is 3. The van der Waals surface area contributed by atoms with Gasteiger partial charge in [0.1, 0.15) is 5.75 Å². The molecular formula is C16H14N2O5. The van der Waals surface area contributed by atoms with Crippen molar-refractivity contribution < 1.29 is 24.2 Å². The predicted molar refractivity (Wildman–Crippen MR) is 81.6 cm³/mol. The van der Waals surface area contributed by atoms with Crippen LogP contribution >= 0.6 is 0 Å². The van der Waals surface area contributed by atoms with Gasteiger partial charge in [-0.3, -0.25) is 10.1 Å². The van der Waals surface area contributed by atoms with Gasteiger partial charge in [0.25, 0.3) is 5.91 Å². The highest BCUT2D eigenvalue weighted by Crippen LogP contribution is 2.22. The summed E-state index contributed by atoms with van der Waals surface area (Å²) in [6, 6.07) is 12.1. The lowest BCUT2D eigenvalue weighted by atomic mass is 10.0. The van der Waals surface area contributed by atoms with E-state index in [2.05, 4.69) is 0 Å². The molecule has 0 radical (unpaired) electrons. The number of phenolic OH excluding ortho intramolecular Hbond substituents is 1. The van der Waals surface area contributed by atoms with Gasteiger partial charge in [0.2, 0.25) is 0 Å². The molecule has 23 heavy (non-hydrogen) atoms. The highest BCUT2D eigenvalue weighted by Gasteiger charge is 2.11. The fourth-order valence-corrected chi connectivity index (χ4v) is 1.84. The average molecular weight is 314 g/mol. The van der Waals surface area contributed by atoms with E-state index in [1.165, 1.54) is 0 Å². The number of ether oxygens (including phenoxy) is 1. The number of urea groups is 1. The monoisotopic (exact) mass is 314 g/mol. The van der Waals surface area contributed by atoms with Crippen molar-refractivity contribution in [3.8, 4) is 16.9 Å². The summed E-state index contributed by atoms with van der Waals surface area (Å²) in [6.07, 6.45) is 0. The molecule has 3 amide bonds. The van der Waals surface area contributed by atoms with Crippen molar-refractivity contribution in [1.82, 2.24) is 5.32 Å². The zero-order valence-corrected chi connectivity index (χ0v) is 12.0. The summed E-state index contributed by atoms with van der Waals surface area (Å²) in [6.45, 7) is -0.596. The number of carbonyl (C=O) groups excluding carboxylic acids is 3. The minimum atomic E-state index is -1.01. The van der Waals surface area contributed by atoms with Crippen LogP contribution in [0.5, 0.6) is 5.75 Å². The molecule has 118 valence electrons. The van der Waals surface area contributed by atoms with Crippen LogP contribution in [-0.4, -0.2) is 29.6 Å². The first-order valence-corrected chi connectivity index (χ1v) is 6.61. The van der Waals surface area contributed by atoms with Crippen LogP contribution in [0.2, 0.25) is 0 Å². The summed E-state index contributed by atoms with van der Waals surface area (Å²) in [7, 11) is 0. The number of benzene rings is 2. The van der Waals surface area contributed by atoms with Gasteiger partial charge in [0.15, 0.2) is 6.61 Å². The van der Waals surface area contributed by atoms with E-state index < -0.39 is 24.5 Å². The van der Waals surface area contributed by atoms with E-state index in [0.29, 0.717) is 0 Å². The molecule has 0 aromatic heterocycles. The topological polar surface area (TPSA) is 119 Å². The van der Waals surface area contributed by atoms with Gasteiger partial charge >= 0.3 is 12.0 Å². The SMILES string of the molecule is NC(=O)NC(=O)COC(=O)c1ccc(-c2ccc(O)cc2)cc1. The van der Waals surface area contributed by atoms with Crippen LogP contribution in [0.4, 0.5) is 4.79 Å². The van der Waals surface area contributed by atoms with Crippen molar-refractivity contribution in [2.75, 3.05) is 6.61 Å². The lowest BCUT2D eigenvalue weighted by Gasteiger charge is -2.06. The number of phenols is 1. The first-order chi connectivity index (χ1) is 11.0. The maximum atomic E-state index is 11.8. The van der Waals surface area contributed by atoms with Crippen LogP contribution in [0.25, 0.3) is 11.1 Å². The Balaban J connectivity index is 1.99. The Morgan fingerprint density at radius 3 is 2.00 bits per heavy atom. The quantitative estimate of drug-likeness (QED) is 0.737. The van der Waals surface area contributed by atoms with E-state index in [1.807, 2.05) is 0 Å². The van der Waals surface area contributed by atoms with Crippen molar-refractivity contribution >= 4 is 17.9 Å². The summed E-state index contributed by atoms with van der Waals surface area (Å²) in [5.74, 6) is -1.32. The normalized spacial score (nSPS) is 9.91. The van der Waals surface area contributed by atoms with Crippen LogP contribution in [0.15, 0.2) is 48.5 Å². The van der Waals surface area contributed by atoms with Gasteiger partial charge in [-0.2, -0.15) is 0 Å². The Kier molecular flexibility index (Phi) is 4.93. The third kappa shape index (κ3) is 4.57. The van der Waals surface area contributed by atoms with Crippen LogP contribution < -0.4 is 11.1 Å². The van der Waals surface area contributed by atoms with Crippen molar-refractivity contribution in [2.45, 2.75) is 0 Å². The minimum Gasteiger partial charge on any atom is -0.508 e. The number of hydrogen-bond donors (Lipinski definition) is 3. The van der Waals surface area contributed by atoms with Crippen molar-refractivity contribution in [3.63, 3.8) is 0 Å². The predicted octanol–water partition coefficient (Wildman–Crippen LogP) is 1.41. The fourth-order valence-electron chi connectivity index (χ4n) is 1.84. The fraction of sp³-hybridized carbons (Fsp3) is 0.0625. The van der Waals surface area contributed by atoms with Crippen molar-refractivity contribution in [1.29, 1.82) is 0 Å². The van der Waals surface area contributed by atoms with E-state index >= 15 is 0 Å². The van der Waals surface area contributed by atoms with E-state index in [1.54, 1.807) is 53.8 Å². The second kappa shape index (κ2) is 7.08. The molecular weight excluding hydrogens is 300 g/mol. The number of esters is 1. The molecule has 0 aliphatic heterocycles. The number of amides is 3. The lowest BCUT2D eigenvalue weighted by Crippen LogP contribution is -2.37. The van der Waals surface area contributed by atoms with Gasteiger partial charge in [-0.05, 0) is 35.4 Å². The van der Waals surface area contributed by atoms with Gasteiger partial charge in [0.05, 0.1) is 5.56 Å². The molecule has 0 fully saturated rings. The highest BCUT2D eigenvalue weighted by atomic mass is 16.5. The van der Waals surface area contributed by atoms with Gasteiger partial charge < -0.3 is 15.6 Å². The number of nitrogens with two attached hydrogens (primary N) is 1. The smallest absolute Gasteiger partial charge is 0.338 e. The minimum absolute atomic E-state index is 0.170. The third-order valence-corrected chi connectivity index (χ3v) is 2.92. The standard InChI is InChI=1S/C16H14N2O5/c17-16(22)18-14(20)9-23-15(21)12-3-1-10(2-4-12)11-5-7-13(19)8-6-11/h1-8,19H,9H2,(H3,17,18,20,22). The van der Waals surface area contributed by atoms with E-state index in [4.69, 9.17) is 10.5 Å². The van der Waals surface area contributed by atoms with Gasteiger partial charge in [-0.1, -0.05) is 24.3 Å². The number of aromatic hydroxyl groups is 1. The van der Waals surface area contributed by atoms with E-state index in [9.17, 15) is 19.5 Å². The van der Waals surface area contributed by atoms with Crippen LogP contribution in [-0.2, 0) is 9.53 Å². The Labute approximate surface area is 131 Å². The zero-order valence-electron chi connectivity index (χ0n) is 12.0. The molecule has 2 aromatic rings. The van der Waals surface area contributed by atoms with Crippen LogP contribution in [0.3, 0.4) is 0 Å². The molecule has 0 heterocycles. The molecule has 0 unspecified atom stereocenters. The van der Waals surface area contributed by atoms with Gasteiger partial charge in [-0.15, -0.1) is 0 Å². The Morgan fingerprint density at radius 2 is 1.48 bits per heavy atom. The number of hydrogen-bond acceptors (Lipinski definition) is 5. The molecule has 0 bridgehead atoms. The van der Waals surface area contributed by atoms with Crippen LogP contribution in [0.1, 0.15) is 10.4 Å². The highest BCUT2D eigenvalue weighted by molar-refractivity contribution is 5.96. The third-order valence-electron chi connectivity index (χ3n) is 2.92. The molecule has 0 aliphatic carbocycles. The van der Waals surface area contributed by atoms with Gasteiger partial charge in [0, 0.05) is 0 Å². The number of imide groups is 1. The molecule has 2 aromatic carbocycles. The molecule has 2 rings (SSSR count). The Hall–Kier alpha value is -3.35. The Morgan fingerprint density at radius 1 is 0.957 bits per heavy atom. The number of primary amides is 1. The average Bonchev–Trinajstić information content (AvgIpc) is 2.53. The maximum absolute atomic E-state index is 11.8. The number of rotatable bonds is 4. The first kappa shape index (κ1) is 16.0. The maximum Gasteiger partial charge on any atom is 0.338 e. The second-order valence-electron chi connectivity index (χ2n) is 4.61. The summed E-state index contributed by atoms with van der Waals surface area (Å²) < 4.78 is 4.76. The van der Waals surface area contributed by atoms with Gasteiger partial charge in [-0.25, -0.2) is 9.59 Å². The molecule has 0 saturated heterocycles. The van der Waals surface area contributed by atoms with E-state index in [0.717, 1.165) is 11.1 Å². The van der Waals surface area contributed by atoms with E-state index in [-0.39, 0.29) is 11.3 Å². The molecule has 4 N–H and O–H groups in total. The Bertz CT molecular complexity index is 723. The number of nitrogens with one attached hydrogen (secondary N) is 1. The summed E-state index contributed by atoms with van der Waals surface area (Å²) in [5, 5.41) is 11.0. The lowest BCUT2D eigenvalue weighted by molar-refractivity contribution is -0.123. The van der Waals surface area contributed by atoms with Crippen molar-refractivity contribution in [3.05, 3.63) is 54.1 Å². The van der Waals surface area contributed by atoms with Crippen molar-refractivity contribution in [2.24, 2.45) is 5.73 Å².